The SMILES string of the molecule is Cc1cc(=O)oc2cc(OCC(=O)NNC(=O)c3cc4c(s3)CCCCCC4)ccc12. The van der Waals surface area contributed by atoms with E-state index >= 15 is 0 Å². The molecule has 2 aromatic heterocycles. The Labute approximate surface area is 183 Å². The van der Waals surface area contributed by atoms with E-state index in [0.29, 0.717) is 16.2 Å². The maximum Gasteiger partial charge on any atom is 0.336 e. The van der Waals surface area contributed by atoms with Gasteiger partial charge in [-0.3, -0.25) is 20.4 Å². The molecular formula is C23H24N2O5S. The van der Waals surface area contributed by atoms with Crippen molar-refractivity contribution in [2.24, 2.45) is 0 Å². The first-order valence-corrected chi connectivity index (χ1v) is 11.2. The maximum atomic E-state index is 12.4. The molecule has 1 aromatic carbocycles. The van der Waals surface area contributed by atoms with Gasteiger partial charge in [-0.25, -0.2) is 4.79 Å². The van der Waals surface area contributed by atoms with Crippen LogP contribution in [0.4, 0.5) is 0 Å². The number of hydrogen-bond donors (Lipinski definition) is 2. The molecule has 162 valence electrons. The molecule has 0 fully saturated rings. The molecule has 1 aliphatic rings. The van der Waals surface area contributed by atoms with Crippen LogP contribution in [0.25, 0.3) is 11.0 Å². The van der Waals surface area contributed by atoms with Gasteiger partial charge in [0.05, 0.1) is 4.88 Å². The zero-order valence-electron chi connectivity index (χ0n) is 17.3. The molecule has 0 aliphatic heterocycles. The van der Waals surface area contributed by atoms with Crippen LogP contribution in [0.15, 0.2) is 39.5 Å². The van der Waals surface area contributed by atoms with E-state index in [2.05, 4.69) is 10.9 Å². The number of carbonyl (C=O) groups is 2. The first-order valence-electron chi connectivity index (χ1n) is 10.4. The predicted octanol–water partition coefficient (Wildman–Crippen LogP) is 3.66. The number of fused-ring (bicyclic) bond motifs is 2. The molecule has 7 nitrogen and oxygen atoms in total. The van der Waals surface area contributed by atoms with E-state index in [-0.39, 0.29) is 12.5 Å². The third-order valence-corrected chi connectivity index (χ3v) is 6.56. The molecule has 0 spiro atoms. The Morgan fingerprint density at radius 2 is 1.87 bits per heavy atom. The van der Waals surface area contributed by atoms with Gasteiger partial charge in [0.25, 0.3) is 11.8 Å². The van der Waals surface area contributed by atoms with E-state index < -0.39 is 11.5 Å². The van der Waals surface area contributed by atoms with E-state index in [0.717, 1.165) is 36.6 Å². The van der Waals surface area contributed by atoms with E-state index in [1.165, 1.54) is 40.7 Å². The van der Waals surface area contributed by atoms with Gasteiger partial charge in [0.1, 0.15) is 11.3 Å². The lowest BCUT2D eigenvalue weighted by Crippen LogP contribution is -2.43. The van der Waals surface area contributed by atoms with Crippen molar-refractivity contribution in [1.29, 1.82) is 0 Å². The summed E-state index contributed by atoms with van der Waals surface area (Å²) in [6.45, 7) is 1.53. The van der Waals surface area contributed by atoms with Crippen molar-refractivity contribution in [3.8, 4) is 5.75 Å². The second-order valence-electron chi connectivity index (χ2n) is 7.67. The Morgan fingerprint density at radius 3 is 2.71 bits per heavy atom. The zero-order chi connectivity index (χ0) is 21.8. The largest absolute Gasteiger partial charge is 0.484 e. The van der Waals surface area contributed by atoms with E-state index in [9.17, 15) is 14.4 Å². The highest BCUT2D eigenvalue weighted by atomic mass is 32.1. The summed E-state index contributed by atoms with van der Waals surface area (Å²) >= 11 is 1.50. The van der Waals surface area contributed by atoms with Crippen molar-refractivity contribution in [2.75, 3.05) is 6.61 Å². The van der Waals surface area contributed by atoms with E-state index in [1.54, 1.807) is 18.2 Å². The average Bonchev–Trinajstić information content (AvgIpc) is 3.12. The summed E-state index contributed by atoms with van der Waals surface area (Å²) < 4.78 is 10.6. The van der Waals surface area contributed by atoms with Gasteiger partial charge in [-0.1, -0.05) is 12.8 Å². The summed E-state index contributed by atoms with van der Waals surface area (Å²) in [7, 11) is 0. The van der Waals surface area contributed by atoms with Gasteiger partial charge in [-0.15, -0.1) is 11.3 Å². The number of thiophene rings is 1. The zero-order valence-corrected chi connectivity index (χ0v) is 18.1. The maximum absolute atomic E-state index is 12.4. The molecule has 31 heavy (non-hydrogen) atoms. The molecule has 2 heterocycles. The molecule has 0 saturated carbocycles. The van der Waals surface area contributed by atoms with Crippen molar-refractivity contribution < 1.29 is 18.7 Å². The van der Waals surface area contributed by atoms with Crippen molar-refractivity contribution in [1.82, 2.24) is 10.9 Å². The number of rotatable bonds is 4. The van der Waals surface area contributed by atoms with Crippen LogP contribution in [0.5, 0.6) is 5.75 Å². The summed E-state index contributed by atoms with van der Waals surface area (Å²) in [6, 6.07) is 8.39. The first kappa shape index (κ1) is 21.1. The highest BCUT2D eigenvalue weighted by Gasteiger charge is 2.16. The summed E-state index contributed by atoms with van der Waals surface area (Å²) in [5.41, 5.74) is 6.84. The number of aryl methyl sites for hydroxylation is 3. The fraction of sp³-hybridized carbons (Fsp3) is 0.348. The van der Waals surface area contributed by atoms with Crippen LogP contribution >= 0.6 is 11.3 Å². The Hall–Kier alpha value is -3.13. The Morgan fingerprint density at radius 1 is 1.06 bits per heavy atom. The number of hydrazine groups is 1. The molecular weight excluding hydrogens is 416 g/mol. The van der Waals surface area contributed by atoms with Crippen LogP contribution in [0.2, 0.25) is 0 Å². The van der Waals surface area contributed by atoms with Crippen molar-refractivity contribution in [3.05, 3.63) is 61.6 Å². The standard InChI is InChI=1S/C23H24N2O5S/c1-14-10-22(27)30-18-12-16(8-9-17(14)18)29-13-21(26)24-25-23(28)20-11-15-6-4-2-3-5-7-19(15)31-20/h8-12H,2-7,13H2,1H3,(H,24,26)(H,25,28). The van der Waals surface area contributed by atoms with Crippen molar-refractivity contribution >= 4 is 34.1 Å². The van der Waals surface area contributed by atoms with Crippen LogP contribution in [-0.2, 0) is 17.6 Å². The lowest BCUT2D eigenvalue weighted by Gasteiger charge is -2.09. The summed E-state index contributed by atoms with van der Waals surface area (Å²) in [5, 5.41) is 0.800. The van der Waals surface area contributed by atoms with Gasteiger partial charge in [-0.05, 0) is 61.9 Å². The van der Waals surface area contributed by atoms with Gasteiger partial charge in [0.15, 0.2) is 6.61 Å². The van der Waals surface area contributed by atoms with Crippen LogP contribution in [-0.4, -0.2) is 18.4 Å². The molecule has 3 aromatic rings. The van der Waals surface area contributed by atoms with Crippen LogP contribution in [0, 0.1) is 6.92 Å². The smallest absolute Gasteiger partial charge is 0.336 e. The molecule has 0 unspecified atom stereocenters. The van der Waals surface area contributed by atoms with E-state index in [1.807, 2.05) is 13.0 Å². The van der Waals surface area contributed by atoms with Crippen molar-refractivity contribution in [3.63, 3.8) is 0 Å². The lowest BCUT2D eigenvalue weighted by atomic mass is 10.00. The number of nitrogens with one attached hydrogen (secondary N) is 2. The lowest BCUT2D eigenvalue weighted by molar-refractivity contribution is -0.123. The third kappa shape index (κ3) is 5.14. The quantitative estimate of drug-likeness (QED) is 0.477. The minimum atomic E-state index is -0.492. The molecule has 4 rings (SSSR count). The summed E-state index contributed by atoms with van der Waals surface area (Å²) in [4.78, 5) is 37.9. The summed E-state index contributed by atoms with van der Waals surface area (Å²) in [5.74, 6) is -0.428. The number of hydrogen-bond acceptors (Lipinski definition) is 6. The Kier molecular flexibility index (Phi) is 6.36. The number of carbonyl (C=O) groups excluding carboxylic acids is 2. The normalized spacial score (nSPS) is 13.7. The topological polar surface area (TPSA) is 97.6 Å². The molecule has 2 amide bonds. The molecule has 0 radical (unpaired) electrons. The molecule has 0 atom stereocenters. The van der Waals surface area contributed by atoms with Crippen LogP contribution < -0.4 is 21.2 Å². The predicted molar refractivity (Wildman–Crippen MR) is 119 cm³/mol. The van der Waals surface area contributed by atoms with Gasteiger partial charge < -0.3 is 9.15 Å². The van der Waals surface area contributed by atoms with Crippen molar-refractivity contribution in [2.45, 2.75) is 45.4 Å². The minimum absolute atomic E-state index is 0.289. The summed E-state index contributed by atoms with van der Waals surface area (Å²) in [6.07, 6.45) is 6.79. The molecule has 1 aliphatic carbocycles. The highest BCUT2D eigenvalue weighted by Crippen LogP contribution is 2.28. The van der Waals surface area contributed by atoms with Crippen LogP contribution in [0.3, 0.4) is 0 Å². The van der Waals surface area contributed by atoms with Crippen LogP contribution in [0.1, 0.15) is 51.4 Å². The fourth-order valence-electron chi connectivity index (χ4n) is 3.72. The first-order chi connectivity index (χ1) is 15.0. The Bertz CT molecular complexity index is 1150. The highest BCUT2D eigenvalue weighted by molar-refractivity contribution is 7.14. The van der Waals surface area contributed by atoms with Gasteiger partial charge in [0.2, 0.25) is 0 Å². The number of benzene rings is 1. The van der Waals surface area contributed by atoms with E-state index in [4.69, 9.17) is 9.15 Å². The molecule has 0 bridgehead atoms. The average molecular weight is 441 g/mol. The Balaban J connectivity index is 1.31. The molecule has 2 N–H and O–H groups in total. The monoisotopic (exact) mass is 440 g/mol. The second-order valence-corrected chi connectivity index (χ2v) is 8.81. The fourth-order valence-corrected chi connectivity index (χ4v) is 4.87. The van der Waals surface area contributed by atoms with Gasteiger partial charge >= 0.3 is 5.63 Å². The molecule has 0 saturated heterocycles. The number of ether oxygens (including phenoxy) is 1. The van der Waals surface area contributed by atoms with Gasteiger partial charge in [0, 0.05) is 22.4 Å². The second kappa shape index (κ2) is 9.34. The number of amides is 2. The molecule has 8 heteroatoms. The third-order valence-electron chi connectivity index (χ3n) is 5.33. The minimum Gasteiger partial charge on any atom is -0.484 e. The van der Waals surface area contributed by atoms with Gasteiger partial charge in [-0.2, -0.15) is 0 Å².